The zero-order valence-corrected chi connectivity index (χ0v) is 10.3. The SMILES string of the molecule is Cc1ccc2nc(CNC(=O)CN)[nH]c2c1.Cl. The Morgan fingerprint density at radius 2 is 2.29 bits per heavy atom. The first-order chi connectivity index (χ1) is 7.69. The molecular weight excluding hydrogens is 240 g/mol. The number of H-pyrrole nitrogens is 1. The molecule has 0 saturated carbocycles. The van der Waals surface area contributed by atoms with E-state index in [1.165, 1.54) is 5.56 Å². The van der Waals surface area contributed by atoms with Crippen molar-refractivity contribution in [1.82, 2.24) is 15.3 Å². The minimum atomic E-state index is -0.184. The van der Waals surface area contributed by atoms with E-state index in [0.717, 1.165) is 16.9 Å². The van der Waals surface area contributed by atoms with Gasteiger partial charge in [0.15, 0.2) is 0 Å². The van der Waals surface area contributed by atoms with Gasteiger partial charge >= 0.3 is 0 Å². The Morgan fingerprint density at radius 1 is 1.53 bits per heavy atom. The van der Waals surface area contributed by atoms with Crippen LogP contribution in [0.25, 0.3) is 11.0 Å². The average molecular weight is 255 g/mol. The molecular formula is C11H15ClN4O. The van der Waals surface area contributed by atoms with Crippen molar-refractivity contribution in [1.29, 1.82) is 0 Å². The van der Waals surface area contributed by atoms with E-state index in [9.17, 15) is 4.79 Å². The number of carbonyl (C=O) groups excluding carboxylic acids is 1. The topological polar surface area (TPSA) is 83.8 Å². The molecule has 0 spiro atoms. The summed E-state index contributed by atoms with van der Waals surface area (Å²) in [6.07, 6.45) is 0. The molecule has 0 atom stereocenters. The van der Waals surface area contributed by atoms with Crippen molar-refractivity contribution in [3.8, 4) is 0 Å². The van der Waals surface area contributed by atoms with Crippen LogP contribution in [0, 0.1) is 6.92 Å². The molecule has 0 unspecified atom stereocenters. The molecule has 1 aromatic carbocycles. The van der Waals surface area contributed by atoms with Crippen molar-refractivity contribution in [3.63, 3.8) is 0 Å². The lowest BCUT2D eigenvalue weighted by molar-refractivity contribution is -0.119. The Labute approximate surface area is 105 Å². The van der Waals surface area contributed by atoms with Gasteiger partial charge in [0.2, 0.25) is 5.91 Å². The molecule has 92 valence electrons. The summed E-state index contributed by atoms with van der Waals surface area (Å²) in [5.74, 6) is 0.555. The van der Waals surface area contributed by atoms with Gasteiger partial charge in [0.05, 0.1) is 24.1 Å². The summed E-state index contributed by atoms with van der Waals surface area (Å²) < 4.78 is 0. The molecule has 2 aromatic rings. The molecule has 6 heteroatoms. The number of rotatable bonds is 3. The van der Waals surface area contributed by atoms with E-state index < -0.39 is 0 Å². The number of fused-ring (bicyclic) bond motifs is 1. The highest BCUT2D eigenvalue weighted by molar-refractivity contribution is 5.85. The standard InChI is InChI=1S/C11H14N4O.ClH/c1-7-2-3-8-9(4-7)15-10(14-8)6-13-11(16)5-12;/h2-4H,5-6,12H2,1H3,(H,13,16)(H,14,15);1H. The van der Waals surface area contributed by atoms with Gasteiger partial charge in [0, 0.05) is 0 Å². The molecule has 0 radical (unpaired) electrons. The van der Waals surface area contributed by atoms with E-state index in [0.29, 0.717) is 6.54 Å². The number of halogens is 1. The van der Waals surface area contributed by atoms with Crippen LogP contribution in [0.4, 0.5) is 0 Å². The number of carbonyl (C=O) groups is 1. The van der Waals surface area contributed by atoms with Gasteiger partial charge in [-0.2, -0.15) is 0 Å². The molecule has 17 heavy (non-hydrogen) atoms. The largest absolute Gasteiger partial charge is 0.348 e. The smallest absolute Gasteiger partial charge is 0.234 e. The maximum atomic E-state index is 11.0. The van der Waals surface area contributed by atoms with Gasteiger partial charge in [-0.25, -0.2) is 4.98 Å². The van der Waals surface area contributed by atoms with E-state index in [4.69, 9.17) is 5.73 Å². The van der Waals surface area contributed by atoms with Gasteiger partial charge < -0.3 is 16.0 Å². The van der Waals surface area contributed by atoms with Crippen LogP contribution < -0.4 is 11.1 Å². The summed E-state index contributed by atoms with van der Waals surface area (Å²) in [5.41, 5.74) is 8.25. The normalized spacial score (nSPS) is 10.0. The van der Waals surface area contributed by atoms with Crippen LogP contribution in [0.1, 0.15) is 11.4 Å². The highest BCUT2D eigenvalue weighted by atomic mass is 35.5. The van der Waals surface area contributed by atoms with Gasteiger partial charge in [-0.05, 0) is 24.6 Å². The molecule has 1 heterocycles. The number of nitrogens with one attached hydrogen (secondary N) is 2. The first kappa shape index (κ1) is 13.5. The molecule has 0 aliphatic carbocycles. The van der Waals surface area contributed by atoms with Crippen molar-refractivity contribution < 1.29 is 4.79 Å². The maximum Gasteiger partial charge on any atom is 0.234 e. The number of hydrogen-bond donors (Lipinski definition) is 3. The van der Waals surface area contributed by atoms with Crippen molar-refractivity contribution in [2.24, 2.45) is 5.73 Å². The molecule has 1 amide bonds. The molecule has 0 saturated heterocycles. The molecule has 0 aliphatic heterocycles. The van der Waals surface area contributed by atoms with E-state index in [-0.39, 0.29) is 24.9 Å². The van der Waals surface area contributed by atoms with Gasteiger partial charge in [0.1, 0.15) is 5.82 Å². The number of benzene rings is 1. The fourth-order valence-corrected chi connectivity index (χ4v) is 1.51. The number of hydrogen-bond acceptors (Lipinski definition) is 3. The number of nitrogens with zero attached hydrogens (tertiary/aromatic N) is 1. The summed E-state index contributed by atoms with van der Waals surface area (Å²) in [6, 6.07) is 5.98. The van der Waals surface area contributed by atoms with Crippen molar-refractivity contribution in [2.75, 3.05) is 6.54 Å². The third kappa shape index (κ3) is 3.18. The number of aryl methyl sites for hydroxylation is 1. The number of aromatic nitrogens is 2. The molecule has 5 nitrogen and oxygen atoms in total. The van der Waals surface area contributed by atoms with Crippen LogP contribution in [0.3, 0.4) is 0 Å². The Bertz CT molecular complexity index is 523. The third-order valence-corrected chi connectivity index (χ3v) is 2.32. The monoisotopic (exact) mass is 254 g/mol. The first-order valence-electron chi connectivity index (χ1n) is 5.11. The third-order valence-electron chi connectivity index (χ3n) is 2.32. The number of nitrogens with two attached hydrogens (primary N) is 1. The van der Waals surface area contributed by atoms with Gasteiger partial charge in [-0.1, -0.05) is 6.07 Å². The number of amides is 1. The molecule has 0 fully saturated rings. The Morgan fingerprint density at radius 3 is 3.00 bits per heavy atom. The van der Waals surface area contributed by atoms with Crippen molar-refractivity contribution in [2.45, 2.75) is 13.5 Å². The molecule has 0 bridgehead atoms. The van der Waals surface area contributed by atoms with Crippen LogP contribution in [0.5, 0.6) is 0 Å². The zero-order valence-electron chi connectivity index (χ0n) is 9.49. The van der Waals surface area contributed by atoms with Crippen molar-refractivity contribution in [3.05, 3.63) is 29.6 Å². The second kappa shape index (κ2) is 5.65. The number of imidazole rings is 1. The molecule has 1 aromatic heterocycles. The summed E-state index contributed by atoms with van der Waals surface area (Å²) in [7, 11) is 0. The summed E-state index contributed by atoms with van der Waals surface area (Å²) in [4.78, 5) is 18.5. The fraction of sp³-hybridized carbons (Fsp3) is 0.273. The fourth-order valence-electron chi connectivity index (χ4n) is 1.51. The predicted molar refractivity (Wildman–Crippen MR) is 69.0 cm³/mol. The molecule has 2 rings (SSSR count). The zero-order chi connectivity index (χ0) is 11.5. The summed E-state index contributed by atoms with van der Waals surface area (Å²) in [6.45, 7) is 2.40. The highest BCUT2D eigenvalue weighted by Crippen LogP contribution is 2.12. The summed E-state index contributed by atoms with van der Waals surface area (Å²) in [5, 5.41) is 2.67. The maximum absolute atomic E-state index is 11.0. The van der Waals surface area contributed by atoms with Crippen LogP contribution in [-0.2, 0) is 11.3 Å². The van der Waals surface area contributed by atoms with Crippen LogP contribution in [-0.4, -0.2) is 22.4 Å². The van der Waals surface area contributed by atoms with Gasteiger partial charge in [-0.3, -0.25) is 4.79 Å². The minimum absolute atomic E-state index is 0. The van der Waals surface area contributed by atoms with Crippen LogP contribution in [0.15, 0.2) is 18.2 Å². The van der Waals surface area contributed by atoms with E-state index in [2.05, 4.69) is 15.3 Å². The lowest BCUT2D eigenvalue weighted by atomic mass is 10.2. The van der Waals surface area contributed by atoms with Gasteiger partial charge in [-0.15, -0.1) is 12.4 Å². The Balaban J connectivity index is 0.00000144. The summed E-state index contributed by atoms with van der Waals surface area (Å²) >= 11 is 0. The Kier molecular flexibility index (Phi) is 4.48. The van der Waals surface area contributed by atoms with Crippen molar-refractivity contribution >= 4 is 29.3 Å². The average Bonchev–Trinajstić information content (AvgIpc) is 2.67. The van der Waals surface area contributed by atoms with Crippen LogP contribution >= 0.6 is 12.4 Å². The highest BCUT2D eigenvalue weighted by Gasteiger charge is 2.03. The van der Waals surface area contributed by atoms with Gasteiger partial charge in [0.25, 0.3) is 0 Å². The molecule has 4 N–H and O–H groups in total. The molecule has 0 aliphatic rings. The van der Waals surface area contributed by atoms with E-state index in [1.807, 2.05) is 25.1 Å². The number of aromatic amines is 1. The quantitative estimate of drug-likeness (QED) is 0.760. The second-order valence-electron chi connectivity index (χ2n) is 3.68. The van der Waals surface area contributed by atoms with E-state index >= 15 is 0 Å². The lowest BCUT2D eigenvalue weighted by Crippen LogP contribution is -2.30. The second-order valence-corrected chi connectivity index (χ2v) is 3.68. The first-order valence-corrected chi connectivity index (χ1v) is 5.11. The lowest BCUT2D eigenvalue weighted by Gasteiger charge is -1.98. The Hall–Kier alpha value is -1.59. The predicted octanol–water partition coefficient (Wildman–Crippen LogP) is 0.868. The minimum Gasteiger partial charge on any atom is -0.348 e. The van der Waals surface area contributed by atoms with Crippen LogP contribution in [0.2, 0.25) is 0 Å². The van der Waals surface area contributed by atoms with E-state index in [1.54, 1.807) is 0 Å².